The number of aliphatic carboxylic acids is 1. The molecule has 1 saturated heterocycles. The minimum Gasteiger partial charge on any atom is -0.489 e. The van der Waals surface area contributed by atoms with Crippen LogP contribution in [0.25, 0.3) is 16.7 Å². The van der Waals surface area contributed by atoms with Gasteiger partial charge < -0.3 is 19.3 Å². The Bertz CT molecular complexity index is 1280. The lowest BCUT2D eigenvalue weighted by Crippen LogP contribution is -2.15. The second-order valence-corrected chi connectivity index (χ2v) is 9.88. The quantitative estimate of drug-likeness (QED) is 0.386. The zero-order valence-electron chi connectivity index (χ0n) is 20.9. The molecule has 1 aliphatic carbocycles. The van der Waals surface area contributed by atoms with E-state index in [2.05, 4.69) is 56.8 Å². The van der Waals surface area contributed by atoms with E-state index in [9.17, 15) is 9.90 Å². The maximum absolute atomic E-state index is 11.2. The zero-order chi connectivity index (χ0) is 25.2. The van der Waals surface area contributed by atoms with E-state index in [1.54, 1.807) is 0 Å². The predicted molar refractivity (Wildman–Crippen MR) is 141 cm³/mol. The Morgan fingerprint density at radius 1 is 1.08 bits per heavy atom. The highest BCUT2D eigenvalue weighted by Crippen LogP contribution is 2.43. The largest absolute Gasteiger partial charge is 0.489 e. The standard InChI is InChI=1S/C31H32O5/c1-19-11-24(15-30(32)33)28-8-7-25(16-29(19)28)35-17-22-5-4-6-23(14-22)31-20(2)12-27(13-21(31)3)36-26-9-10-34-18-26/h4-8,12-14,16,24,26H,1,9-11,15,17-18H2,2-3H3,(H,32,33)/t24-,26?/m0/s1. The van der Waals surface area contributed by atoms with Crippen LogP contribution in [0, 0.1) is 13.8 Å². The van der Waals surface area contributed by atoms with Crippen LogP contribution in [0.5, 0.6) is 11.5 Å². The lowest BCUT2D eigenvalue weighted by atomic mass is 9.94. The van der Waals surface area contributed by atoms with Crippen molar-refractivity contribution in [2.24, 2.45) is 0 Å². The third-order valence-corrected chi connectivity index (χ3v) is 7.08. The van der Waals surface area contributed by atoms with Crippen molar-refractivity contribution in [3.8, 4) is 22.6 Å². The van der Waals surface area contributed by atoms with Crippen molar-refractivity contribution >= 4 is 11.5 Å². The molecule has 36 heavy (non-hydrogen) atoms. The van der Waals surface area contributed by atoms with Crippen LogP contribution >= 0.6 is 0 Å². The Morgan fingerprint density at radius 2 is 1.89 bits per heavy atom. The maximum Gasteiger partial charge on any atom is 0.303 e. The first-order chi connectivity index (χ1) is 17.4. The van der Waals surface area contributed by atoms with Gasteiger partial charge in [-0.3, -0.25) is 4.79 Å². The van der Waals surface area contributed by atoms with Crippen LogP contribution in [0.1, 0.15) is 53.0 Å². The summed E-state index contributed by atoms with van der Waals surface area (Å²) < 4.78 is 17.7. The molecule has 3 aromatic carbocycles. The SMILES string of the molecule is C=C1C[C@@H](CC(=O)O)c2ccc(OCc3cccc(-c4c(C)cc(OC5CCOC5)cc4C)c3)cc21. The van der Waals surface area contributed by atoms with Gasteiger partial charge in [0.2, 0.25) is 0 Å². The Hall–Kier alpha value is -3.57. The van der Waals surface area contributed by atoms with Gasteiger partial charge in [0.15, 0.2) is 0 Å². The van der Waals surface area contributed by atoms with Gasteiger partial charge in [-0.2, -0.15) is 0 Å². The van der Waals surface area contributed by atoms with E-state index in [4.69, 9.17) is 14.2 Å². The molecule has 5 rings (SSSR count). The van der Waals surface area contributed by atoms with Gasteiger partial charge in [-0.1, -0.05) is 30.8 Å². The molecule has 5 nitrogen and oxygen atoms in total. The van der Waals surface area contributed by atoms with E-state index in [-0.39, 0.29) is 18.4 Å². The van der Waals surface area contributed by atoms with Crippen LogP contribution in [0.2, 0.25) is 0 Å². The van der Waals surface area contributed by atoms with Crippen molar-refractivity contribution in [3.05, 3.63) is 89.0 Å². The number of carboxylic acids is 1. The van der Waals surface area contributed by atoms with Crippen molar-refractivity contribution in [1.82, 2.24) is 0 Å². The molecule has 0 radical (unpaired) electrons. The number of aryl methyl sites for hydroxylation is 2. The minimum atomic E-state index is -0.781. The summed E-state index contributed by atoms with van der Waals surface area (Å²) in [4.78, 5) is 11.2. The highest BCUT2D eigenvalue weighted by Gasteiger charge is 2.27. The van der Waals surface area contributed by atoms with Gasteiger partial charge in [-0.15, -0.1) is 0 Å². The molecule has 1 N–H and O–H groups in total. The number of carboxylic acid groups (broad SMARTS) is 1. The second-order valence-electron chi connectivity index (χ2n) is 9.88. The summed E-state index contributed by atoms with van der Waals surface area (Å²) in [6.45, 7) is 10.3. The van der Waals surface area contributed by atoms with Crippen molar-refractivity contribution in [2.45, 2.75) is 51.7 Å². The monoisotopic (exact) mass is 484 g/mol. The summed E-state index contributed by atoms with van der Waals surface area (Å²) in [5.41, 5.74) is 8.84. The zero-order valence-corrected chi connectivity index (χ0v) is 20.9. The molecule has 1 aliphatic heterocycles. The third-order valence-electron chi connectivity index (χ3n) is 7.08. The lowest BCUT2D eigenvalue weighted by Gasteiger charge is -2.17. The Labute approximate surface area is 212 Å². The van der Waals surface area contributed by atoms with Gasteiger partial charge in [0.1, 0.15) is 24.2 Å². The first-order valence-electron chi connectivity index (χ1n) is 12.5. The number of carbonyl (C=O) groups is 1. The molecular weight excluding hydrogens is 452 g/mol. The fourth-order valence-corrected chi connectivity index (χ4v) is 5.43. The minimum absolute atomic E-state index is 0.00880. The van der Waals surface area contributed by atoms with Crippen molar-refractivity contribution in [2.75, 3.05) is 13.2 Å². The molecule has 0 amide bonds. The smallest absolute Gasteiger partial charge is 0.303 e. The van der Waals surface area contributed by atoms with Crippen molar-refractivity contribution in [3.63, 3.8) is 0 Å². The molecule has 2 aliphatic rings. The van der Waals surface area contributed by atoms with Crippen LogP contribution in [0.4, 0.5) is 0 Å². The Balaban J connectivity index is 1.30. The van der Waals surface area contributed by atoms with Crippen LogP contribution in [-0.2, 0) is 16.1 Å². The molecule has 0 spiro atoms. The predicted octanol–water partition coefficient (Wildman–Crippen LogP) is 6.69. The summed E-state index contributed by atoms with van der Waals surface area (Å²) in [5, 5.41) is 9.20. The van der Waals surface area contributed by atoms with Gasteiger partial charge in [-0.25, -0.2) is 0 Å². The fraction of sp³-hybridized carbons (Fsp3) is 0.323. The molecule has 2 atom stereocenters. The third kappa shape index (κ3) is 5.17. The second kappa shape index (κ2) is 10.2. The summed E-state index contributed by atoms with van der Waals surface area (Å²) in [7, 11) is 0. The fourth-order valence-electron chi connectivity index (χ4n) is 5.43. The van der Waals surface area contributed by atoms with Gasteiger partial charge >= 0.3 is 5.97 Å². The highest BCUT2D eigenvalue weighted by molar-refractivity contribution is 5.77. The van der Waals surface area contributed by atoms with E-state index in [1.807, 2.05) is 18.2 Å². The first kappa shape index (κ1) is 24.1. The Kier molecular flexibility index (Phi) is 6.84. The van der Waals surface area contributed by atoms with E-state index >= 15 is 0 Å². The maximum atomic E-state index is 11.2. The summed E-state index contributed by atoms with van der Waals surface area (Å²) in [5.74, 6) is 0.871. The molecule has 1 unspecified atom stereocenters. The van der Waals surface area contributed by atoms with Gasteiger partial charge in [0, 0.05) is 6.42 Å². The molecule has 0 aromatic heterocycles. The number of ether oxygens (including phenoxy) is 3. The van der Waals surface area contributed by atoms with Gasteiger partial charge in [0.25, 0.3) is 0 Å². The van der Waals surface area contributed by atoms with E-state index in [0.717, 1.165) is 52.4 Å². The van der Waals surface area contributed by atoms with Crippen LogP contribution < -0.4 is 9.47 Å². The number of rotatable bonds is 8. The summed E-state index contributed by atoms with van der Waals surface area (Å²) in [6.07, 6.45) is 1.88. The Morgan fingerprint density at radius 3 is 2.61 bits per heavy atom. The normalized spacial score (nSPS) is 18.8. The van der Waals surface area contributed by atoms with Gasteiger partial charge in [-0.05, 0) is 101 Å². The number of benzene rings is 3. The first-order valence-corrected chi connectivity index (χ1v) is 12.5. The van der Waals surface area contributed by atoms with Crippen LogP contribution in [0.3, 0.4) is 0 Å². The molecule has 5 heteroatoms. The summed E-state index contributed by atoms with van der Waals surface area (Å²) in [6, 6.07) is 18.6. The molecule has 1 fully saturated rings. The topological polar surface area (TPSA) is 65.0 Å². The van der Waals surface area contributed by atoms with E-state index in [1.165, 1.54) is 16.7 Å². The number of fused-ring (bicyclic) bond motifs is 1. The van der Waals surface area contributed by atoms with E-state index in [0.29, 0.717) is 19.6 Å². The molecule has 0 bridgehead atoms. The number of allylic oxidation sites excluding steroid dienone is 1. The van der Waals surface area contributed by atoms with Crippen molar-refractivity contribution < 1.29 is 24.1 Å². The molecule has 1 heterocycles. The highest BCUT2D eigenvalue weighted by atomic mass is 16.5. The number of hydrogen-bond acceptors (Lipinski definition) is 4. The summed E-state index contributed by atoms with van der Waals surface area (Å²) >= 11 is 0. The molecule has 186 valence electrons. The molecule has 3 aromatic rings. The van der Waals surface area contributed by atoms with Crippen LogP contribution in [-0.4, -0.2) is 30.4 Å². The average Bonchev–Trinajstić information content (AvgIpc) is 3.45. The molecular formula is C31H32O5. The molecule has 0 saturated carbocycles. The number of hydrogen-bond donors (Lipinski definition) is 1. The van der Waals surface area contributed by atoms with E-state index < -0.39 is 5.97 Å². The lowest BCUT2D eigenvalue weighted by molar-refractivity contribution is -0.137. The van der Waals surface area contributed by atoms with Crippen LogP contribution in [0.15, 0.2) is 61.2 Å². The average molecular weight is 485 g/mol. The van der Waals surface area contributed by atoms with Gasteiger partial charge in [0.05, 0.1) is 19.6 Å². The van der Waals surface area contributed by atoms with Crippen molar-refractivity contribution in [1.29, 1.82) is 0 Å².